The van der Waals surface area contributed by atoms with Gasteiger partial charge >= 0.3 is 0 Å². The second-order valence-electron chi connectivity index (χ2n) is 8.26. The van der Waals surface area contributed by atoms with Gasteiger partial charge in [-0.05, 0) is 49.1 Å². The molecule has 5 heterocycles. The summed E-state index contributed by atoms with van der Waals surface area (Å²) in [7, 11) is 0. The maximum atomic E-state index is 13.1. The third kappa shape index (κ3) is 4.49. The van der Waals surface area contributed by atoms with E-state index in [-0.39, 0.29) is 24.1 Å². The Hall–Kier alpha value is -3.78. The molecule has 172 valence electrons. The predicted molar refractivity (Wildman–Crippen MR) is 130 cm³/mol. The Morgan fingerprint density at radius 1 is 1.03 bits per heavy atom. The van der Waals surface area contributed by atoms with Crippen molar-refractivity contribution in [3.63, 3.8) is 0 Å². The van der Waals surface area contributed by atoms with E-state index in [0.29, 0.717) is 10.6 Å². The van der Waals surface area contributed by atoms with Crippen LogP contribution in [0.15, 0.2) is 61.2 Å². The second kappa shape index (κ2) is 9.61. The number of nitrogens with one attached hydrogen (secondary N) is 1. The number of rotatable bonds is 5. The maximum Gasteiger partial charge on any atom is 0.257 e. The summed E-state index contributed by atoms with van der Waals surface area (Å²) in [5.74, 6) is 0.0628. The molecule has 0 aromatic carbocycles. The van der Waals surface area contributed by atoms with E-state index >= 15 is 0 Å². The highest BCUT2D eigenvalue weighted by Gasteiger charge is 2.22. The van der Waals surface area contributed by atoms with Crippen molar-refractivity contribution in [1.29, 1.82) is 0 Å². The van der Waals surface area contributed by atoms with Gasteiger partial charge in [0.1, 0.15) is 0 Å². The van der Waals surface area contributed by atoms with Crippen molar-refractivity contribution < 1.29 is 9.59 Å². The van der Waals surface area contributed by atoms with Crippen LogP contribution in [-0.4, -0.2) is 49.4 Å². The average molecular weight is 475 g/mol. The van der Waals surface area contributed by atoms with E-state index in [4.69, 9.17) is 11.6 Å². The van der Waals surface area contributed by atoms with Crippen LogP contribution in [0.1, 0.15) is 35.2 Å². The van der Waals surface area contributed by atoms with Crippen LogP contribution in [0, 0.1) is 0 Å². The molecule has 4 aromatic heterocycles. The van der Waals surface area contributed by atoms with Crippen molar-refractivity contribution in [3.05, 3.63) is 77.3 Å². The third-order valence-electron chi connectivity index (χ3n) is 5.90. The fourth-order valence-corrected chi connectivity index (χ4v) is 4.41. The molecule has 1 aliphatic heterocycles. The van der Waals surface area contributed by atoms with Crippen LogP contribution in [0.2, 0.25) is 5.02 Å². The van der Waals surface area contributed by atoms with Crippen LogP contribution in [0.25, 0.3) is 16.8 Å². The number of nitrogens with zero attached hydrogens (tertiary/aromatic N) is 5. The summed E-state index contributed by atoms with van der Waals surface area (Å²) >= 11 is 6.45. The number of halogens is 1. The number of pyridine rings is 3. The number of hydrogen-bond acceptors (Lipinski definition) is 5. The number of fused-ring (bicyclic) bond motifs is 1. The normalized spacial score (nSPS) is 13.7. The summed E-state index contributed by atoms with van der Waals surface area (Å²) in [6.07, 6.45) is 9.96. The predicted octanol–water partition coefficient (Wildman–Crippen LogP) is 4.25. The summed E-state index contributed by atoms with van der Waals surface area (Å²) < 4.78 is 1.73. The Morgan fingerprint density at radius 3 is 2.65 bits per heavy atom. The van der Waals surface area contributed by atoms with Gasteiger partial charge in [-0.25, -0.2) is 9.50 Å². The number of likely N-dealkylation sites (tertiary alicyclic amines) is 1. The molecule has 0 saturated carbocycles. The standard InChI is InChI=1S/C25H23ClN6O2/c26-20-13-18(15-28-24(20)30-23(33)12-17-6-5-9-27-14-17)21-7-4-8-22-19(16-29-32(21)22)25(34)31-10-2-1-3-11-31/h4-9,13-16H,1-3,10-12H2,(H,28,30,33). The zero-order valence-corrected chi connectivity index (χ0v) is 19.2. The molecule has 1 fully saturated rings. The number of amides is 2. The van der Waals surface area contributed by atoms with E-state index in [1.807, 2.05) is 29.2 Å². The topological polar surface area (TPSA) is 92.5 Å². The Bertz CT molecular complexity index is 1350. The summed E-state index contributed by atoms with van der Waals surface area (Å²) in [4.78, 5) is 35.7. The average Bonchev–Trinajstić information content (AvgIpc) is 3.30. The minimum absolute atomic E-state index is 0.00897. The van der Waals surface area contributed by atoms with Gasteiger partial charge in [0.2, 0.25) is 5.91 Å². The van der Waals surface area contributed by atoms with Crippen molar-refractivity contribution in [2.45, 2.75) is 25.7 Å². The molecular weight excluding hydrogens is 452 g/mol. The lowest BCUT2D eigenvalue weighted by atomic mass is 10.1. The van der Waals surface area contributed by atoms with Gasteiger partial charge in [0.05, 0.1) is 34.4 Å². The molecule has 0 unspecified atom stereocenters. The van der Waals surface area contributed by atoms with E-state index in [9.17, 15) is 9.59 Å². The molecule has 4 aromatic rings. The quantitative estimate of drug-likeness (QED) is 0.466. The van der Waals surface area contributed by atoms with E-state index in [1.54, 1.807) is 41.4 Å². The highest BCUT2D eigenvalue weighted by Crippen LogP contribution is 2.28. The smallest absolute Gasteiger partial charge is 0.257 e. The summed E-state index contributed by atoms with van der Waals surface area (Å²) in [5.41, 5.74) is 3.59. The largest absolute Gasteiger partial charge is 0.339 e. The molecule has 1 saturated heterocycles. The lowest BCUT2D eigenvalue weighted by molar-refractivity contribution is -0.115. The van der Waals surface area contributed by atoms with Crippen molar-refractivity contribution >= 4 is 34.7 Å². The SMILES string of the molecule is O=C(Cc1cccnc1)Nc1ncc(-c2cccc3c(C(=O)N4CCCCC4)cnn23)cc1Cl. The van der Waals surface area contributed by atoms with Crippen LogP contribution in [0.4, 0.5) is 5.82 Å². The van der Waals surface area contributed by atoms with Gasteiger partial charge in [0.15, 0.2) is 5.82 Å². The molecule has 0 aliphatic carbocycles. The van der Waals surface area contributed by atoms with Gasteiger partial charge < -0.3 is 10.2 Å². The zero-order chi connectivity index (χ0) is 23.5. The molecule has 1 N–H and O–H groups in total. The fraction of sp³-hybridized carbons (Fsp3) is 0.240. The molecule has 9 heteroatoms. The van der Waals surface area contributed by atoms with Crippen LogP contribution in [-0.2, 0) is 11.2 Å². The molecule has 0 spiro atoms. The zero-order valence-electron chi connectivity index (χ0n) is 18.4. The molecule has 0 bridgehead atoms. The fourth-order valence-electron chi connectivity index (χ4n) is 4.20. The number of hydrogen-bond donors (Lipinski definition) is 1. The number of piperidine rings is 1. The van der Waals surface area contributed by atoms with Crippen LogP contribution >= 0.6 is 11.6 Å². The van der Waals surface area contributed by atoms with Crippen molar-refractivity contribution in [2.75, 3.05) is 18.4 Å². The van der Waals surface area contributed by atoms with E-state index < -0.39 is 0 Å². The van der Waals surface area contributed by atoms with E-state index in [1.165, 1.54) is 0 Å². The number of aromatic nitrogens is 4. The molecule has 1 aliphatic rings. The van der Waals surface area contributed by atoms with E-state index in [2.05, 4.69) is 20.4 Å². The molecule has 34 heavy (non-hydrogen) atoms. The van der Waals surface area contributed by atoms with Crippen LogP contribution in [0.5, 0.6) is 0 Å². The summed E-state index contributed by atoms with van der Waals surface area (Å²) in [6.45, 7) is 1.56. The number of carbonyl (C=O) groups is 2. The lowest BCUT2D eigenvalue weighted by Gasteiger charge is -2.26. The van der Waals surface area contributed by atoms with Crippen molar-refractivity contribution in [2.24, 2.45) is 0 Å². The van der Waals surface area contributed by atoms with Gasteiger partial charge in [-0.2, -0.15) is 5.10 Å². The summed E-state index contributed by atoms with van der Waals surface area (Å²) in [6, 6.07) is 11.0. The maximum absolute atomic E-state index is 13.1. The first-order valence-corrected chi connectivity index (χ1v) is 11.6. The Kier molecular flexibility index (Phi) is 6.22. The minimum atomic E-state index is -0.231. The van der Waals surface area contributed by atoms with Crippen molar-refractivity contribution in [3.8, 4) is 11.3 Å². The van der Waals surface area contributed by atoms with Crippen LogP contribution in [0.3, 0.4) is 0 Å². The second-order valence-corrected chi connectivity index (χ2v) is 8.67. The lowest BCUT2D eigenvalue weighted by Crippen LogP contribution is -2.35. The van der Waals surface area contributed by atoms with Crippen molar-refractivity contribution in [1.82, 2.24) is 24.5 Å². The van der Waals surface area contributed by atoms with Gasteiger partial charge in [-0.15, -0.1) is 0 Å². The van der Waals surface area contributed by atoms with Gasteiger partial charge in [-0.1, -0.05) is 23.7 Å². The minimum Gasteiger partial charge on any atom is -0.339 e. The van der Waals surface area contributed by atoms with E-state index in [0.717, 1.165) is 54.7 Å². The number of carbonyl (C=O) groups excluding carboxylic acids is 2. The first kappa shape index (κ1) is 22.0. The highest BCUT2D eigenvalue weighted by molar-refractivity contribution is 6.33. The molecule has 0 radical (unpaired) electrons. The Labute approximate surface area is 201 Å². The molecule has 2 amide bonds. The first-order valence-electron chi connectivity index (χ1n) is 11.2. The highest BCUT2D eigenvalue weighted by atomic mass is 35.5. The van der Waals surface area contributed by atoms with Gasteiger partial charge in [0.25, 0.3) is 5.91 Å². The first-order chi connectivity index (χ1) is 16.6. The molecule has 0 atom stereocenters. The Morgan fingerprint density at radius 2 is 1.88 bits per heavy atom. The molecular formula is C25H23ClN6O2. The number of anilines is 1. The monoisotopic (exact) mass is 474 g/mol. The third-order valence-corrected chi connectivity index (χ3v) is 6.19. The molecule has 5 rings (SSSR count). The molecule has 8 nitrogen and oxygen atoms in total. The summed E-state index contributed by atoms with van der Waals surface area (Å²) in [5, 5.41) is 7.54. The van der Waals surface area contributed by atoms with Crippen LogP contribution < -0.4 is 5.32 Å². The van der Waals surface area contributed by atoms with Gasteiger partial charge in [-0.3, -0.25) is 14.6 Å². The Balaban J connectivity index is 1.38. The van der Waals surface area contributed by atoms with Gasteiger partial charge in [0, 0.05) is 37.2 Å².